The molecule has 114 valence electrons. The van der Waals surface area contributed by atoms with Crippen LogP contribution in [-0.4, -0.2) is 45.2 Å². The molecule has 3 heterocycles. The Morgan fingerprint density at radius 2 is 2.23 bits per heavy atom. The highest BCUT2D eigenvalue weighted by molar-refractivity contribution is 5.78. The normalized spacial score (nSPS) is 18.0. The summed E-state index contributed by atoms with van der Waals surface area (Å²) in [6, 6.07) is 7.33. The Bertz CT molecular complexity index is 606. The second-order valence-electron chi connectivity index (χ2n) is 5.32. The summed E-state index contributed by atoms with van der Waals surface area (Å²) < 4.78 is 5.81. The molecule has 0 aromatic carbocycles. The molecule has 0 spiro atoms. The van der Waals surface area contributed by atoms with Crippen molar-refractivity contribution in [2.75, 3.05) is 13.1 Å². The number of ether oxygens (including phenoxy) is 1. The molecule has 0 N–H and O–H groups in total. The number of carbonyl (C=O) groups is 1. The maximum Gasteiger partial charge on any atom is 0.233 e. The van der Waals surface area contributed by atoms with Crippen LogP contribution in [-0.2, 0) is 11.2 Å². The first-order chi connectivity index (χ1) is 10.8. The number of amides is 1. The molecule has 1 fully saturated rings. The Balaban J connectivity index is 1.57. The van der Waals surface area contributed by atoms with E-state index in [1.165, 1.54) is 0 Å². The quantitative estimate of drug-likeness (QED) is 0.855. The molecule has 22 heavy (non-hydrogen) atoms. The van der Waals surface area contributed by atoms with E-state index in [1.54, 1.807) is 30.7 Å². The number of hydrogen-bond acceptors (Lipinski definition) is 5. The fourth-order valence-corrected chi connectivity index (χ4v) is 2.57. The summed E-state index contributed by atoms with van der Waals surface area (Å²) in [6.45, 7) is 1.37. The molecule has 6 nitrogen and oxygen atoms in total. The smallest absolute Gasteiger partial charge is 0.233 e. The van der Waals surface area contributed by atoms with Crippen LogP contribution >= 0.6 is 0 Å². The molecule has 1 atom stereocenters. The van der Waals surface area contributed by atoms with Crippen LogP contribution in [0.15, 0.2) is 42.9 Å². The van der Waals surface area contributed by atoms with E-state index in [1.807, 2.05) is 17.0 Å². The molecule has 1 aliphatic heterocycles. The maximum atomic E-state index is 12.4. The van der Waals surface area contributed by atoms with Gasteiger partial charge in [0.15, 0.2) is 0 Å². The molecule has 1 amide bonds. The number of carbonyl (C=O) groups excluding carboxylic acids is 1. The van der Waals surface area contributed by atoms with Crippen LogP contribution in [0.4, 0.5) is 0 Å². The van der Waals surface area contributed by atoms with Gasteiger partial charge in [-0.15, -0.1) is 5.10 Å². The predicted molar refractivity (Wildman–Crippen MR) is 80.2 cm³/mol. The van der Waals surface area contributed by atoms with Crippen molar-refractivity contribution in [3.8, 4) is 5.88 Å². The molecule has 2 aromatic heterocycles. The van der Waals surface area contributed by atoms with Gasteiger partial charge in [0.25, 0.3) is 0 Å². The van der Waals surface area contributed by atoms with Crippen LogP contribution in [0.2, 0.25) is 0 Å². The van der Waals surface area contributed by atoms with Gasteiger partial charge in [-0.3, -0.25) is 9.78 Å². The van der Waals surface area contributed by atoms with Crippen molar-refractivity contribution in [1.82, 2.24) is 20.1 Å². The van der Waals surface area contributed by atoms with Gasteiger partial charge in [-0.25, -0.2) is 0 Å². The largest absolute Gasteiger partial charge is 0.471 e. The molecule has 0 radical (unpaired) electrons. The number of rotatable bonds is 4. The van der Waals surface area contributed by atoms with E-state index in [-0.39, 0.29) is 12.0 Å². The highest BCUT2D eigenvalue weighted by atomic mass is 16.5. The molecule has 1 saturated heterocycles. The van der Waals surface area contributed by atoms with E-state index < -0.39 is 0 Å². The van der Waals surface area contributed by atoms with E-state index in [2.05, 4.69) is 15.2 Å². The van der Waals surface area contributed by atoms with Gasteiger partial charge >= 0.3 is 0 Å². The van der Waals surface area contributed by atoms with Crippen LogP contribution in [0, 0.1) is 0 Å². The van der Waals surface area contributed by atoms with Crippen LogP contribution < -0.4 is 4.74 Å². The number of likely N-dealkylation sites (tertiary alicyclic amines) is 1. The van der Waals surface area contributed by atoms with E-state index in [9.17, 15) is 4.79 Å². The van der Waals surface area contributed by atoms with Crippen molar-refractivity contribution in [2.45, 2.75) is 25.4 Å². The Morgan fingerprint density at radius 3 is 3.00 bits per heavy atom. The van der Waals surface area contributed by atoms with Crippen LogP contribution in [0.1, 0.15) is 18.4 Å². The van der Waals surface area contributed by atoms with Crippen molar-refractivity contribution in [1.29, 1.82) is 0 Å². The number of hydrogen-bond donors (Lipinski definition) is 0. The number of nitrogens with zero attached hydrogens (tertiary/aromatic N) is 4. The lowest BCUT2D eigenvalue weighted by Gasteiger charge is -2.32. The van der Waals surface area contributed by atoms with Crippen molar-refractivity contribution >= 4 is 5.91 Å². The minimum Gasteiger partial charge on any atom is -0.471 e. The number of piperidine rings is 1. The zero-order valence-corrected chi connectivity index (χ0v) is 12.3. The van der Waals surface area contributed by atoms with Gasteiger partial charge < -0.3 is 9.64 Å². The van der Waals surface area contributed by atoms with E-state index in [0.29, 0.717) is 18.8 Å². The predicted octanol–water partition coefficient (Wildman–Crippen LogP) is 1.48. The summed E-state index contributed by atoms with van der Waals surface area (Å²) in [4.78, 5) is 18.3. The van der Waals surface area contributed by atoms with Gasteiger partial charge in [0, 0.05) is 31.2 Å². The summed E-state index contributed by atoms with van der Waals surface area (Å²) in [6.07, 6.45) is 7.26. The molecule has 0 aliphatic carbocycles. The Hall–Kier alpha value is -2.50. The van der Waals surface area contributed by atoms with Crippen molar-refractivity contribution in [2.24, 2.45) is 0 Å². The summed E-state index contributed by atoms with van der Waals surface area (Å²) in [5.41, 5.74) is 0.935. The lowest BCUT2D eigenvalue weighted by molar-refractivity contribution is -0.133. The van der Waals surface area contributed by atoms with Gasteiger partial charge in [-0.1, -0.05) is 6.07 Å². The molecular formula is C16H18N4O2. The molecule has 1 aliphatic rings. The molecule has 0 bridgehead atoms. The summed E-state index contributed by atoms with van der Waals surface area (Å²) in [7, 11) is 0. The third-order valence-electron chi connectivity index (χ3n) is 3.64. The van der Waals surface area contributed by atoms with Gasteiger partial charge in [0.05, 0.1) is 13.0 Å². The Morgan fingerprint density at radius 1 is 1.32 bits per heavy atom. The lowest BCUT2D eigenvalue weighted by Crippen LogP contribution is -2.45. The lowest BCUT2D eigenvalue weighted by atomic mass is 10.1. The highest BCUT2D eigenvalue weighted by Crippen LogP contribution is 2.17. The molecule has 0 saturated carbocycles. The molecule has 0 unspecified atom stereocenters. The van der Waals surface area contributed by atoms with Crippen LogP contribution in [0.3, 0.4) is 0 Å². The van der Waals surface area contributed by atoms with Crippen LogP contribution in [0.5, 0.6) is 5.88 Å². The van der Waals surface area contributed by atoms with Gasteiger partial charge in [0.1, 0.15) is 6.10 Å². The monoisotopic (exact) mass is 298 g/mol. The van der Waals surface area contributed by atoms with Gasteiger partial charge in [0.2, 0.25) is 11.8 Å². The topological polar surface area (TPSA) is 68.2 Å². The fraction of sp³-hybridized carbons (Fsp3) is 0.375. The molecule has 3 rings (SSSR count). The van der Waals surface area contributed by atoms with E-state index >= 15 is 0 Å². The first kappa shape index (κ1) is 14.4. The van der Waals surface area contributed by atoms with Gasteiger partial charge in [-0.05, 0) is 30.5 Å². The third kappa shape index (κ3) is 3.78. The standard InChI is InChI=1S/C16H18N4O2/c21-16(10-13-4-1-7-17-11-13)20-9-3-5-14(12-20)22-15-6-2-8-18-19-15/h1-2,4,6-8,11,14H,3,5,9-10,12H2/t14-/m1/s1. The molecule has 2 aromatic rings. The molecular weight excluding hydrogens is 280 g/mol. The minimum absolute atomic E-state index is 0.0247. The fourth-order valence-electron chi connectivity index (χ4n) is 2.57. The first-order valence-electron chi connectivity index (χ1n) is 7.42. The van der Waals surface area contributed by atoms with Gasteiger partial charge in [-0.2, -0.15) is 5.10 Å². The average molecular weight is 298 g/mol. The highest BCUT2D eigenvalue weighted by Gasteiger charge is 2.25. The zero-order chi connectivity index (χ0) is 15.2. The summed E-state index contributed by atoms with van der Waals surface area (Å²) >= 11 is 0. The number of aromatic nitrogens is 3. The Labute approximate surface area is 129 Å². The number of pyridine rings is 1. The SMILES string of the molecule is O=C(Cc1cccnc1)N1CCC[C@@H](Oc2cccnn2)C1. The first-order valence-corrected chi connectivity index (χ1v) is 7.42. The Kier molecular flexibility index (Phi) is 4.58. The summed E-state index contributed by atoms with van der Waals surface area (Å²) in [5.74, 6) is 0.620. The van der Waals surface area contributed by atoms with E-state index in [0.717, 1.165) is 24.9 Å². The molecule has 6 heteroatoms. The van der Waals surface area contributed by atoms with Crippen molar-refractivity contribution in [3.63, 3.8) is 0 Å². The second kappa shape index (κ2) is 6.98. The summed E-state index contributed by atoms with van der Waals surface area (Å²) in [5, 5.41) is 7.72. The minimum atomic E-state index is -0.0247. The van der Waals surface area contributed by atoms with Crippen molar-refractivity contribution in [3.05, 3.63) is 48.4 Å². The second-order valence-corrected chi connectivity index (χ2v) is 5.32. The zero-order valence-electron chi connectivity index (χ0n) is 12.3. The third-order valence-corrected chi connectivity index (χ3v) is 3.64. The van der Waals surface area contributed by atoms with Crippen LogP contribution in [0.25, 0.3) is 0 Å². The average Bonchev–Trinajstić information content (AvgIpc) is 2.57. The maximum absolute atomic E-state index is 12.4. The van der Waals surface area contributed by atoms with Crippen molar-refractivity contribution < 1.29 is 9.53 Å². The van der Waals surface area contributed by atoms with E-state index in [4.69, 9.17) is 4.74 Å².